The minimum atomic E-state index is -0.355. The van der Waals surface area contributed by atoms with Gasteiger partial charge in [-0.15, -0.1) is 0 Å². The van der Waals surface area contributed by atoms with Gasteiger partial charge in [0.2, 0.25) is 0 Å². The summed E-state index contributed by atoms with van der Waals surface area (Å²) < 4.78 is 21.4. The average Bonchev–Trinajstić information content (AvgIpc) is 3.06. The third-order valence-electron chi connectivity index (χ3n) is 8.59. The van der Waals surface area contributed by atoms with Crippen LogP contribution in [0.5, 0.6) is 0 Å². The van der Waals surface area contributed by atoms with Crippen molar-refractivity contribution in [2.45, 2.75) is 96.8 Å². The predicted octanol–water partition coefficient (Wildman–Crippen LogP) is 4.98. The van der Waals surface area contributed by atoms with E-state index in [1.54, 1.807) is 0 Å². The molecule has 0 bridgehead atoms. The van der Waals surface area contributed by atoms with Gasteiger partial charge in [-0.3, -0.25) is 14.4 Å². The number of anilines is 2. The van der Waals surface area contributed by atoms with E-state index in [4.69, 9.17) is 38.9 Å². The largest absolute Gasteiger partial charge is 0.499 e. The molecule has 0 amide bonds. The maximum Gasteiger partial charge on any atom is 0.302 e. The molecule has 47 heavy (non-hydrogen) atoms. The molecule has 0 saturated carbocycles. The van der Waals surface area contributed by atoms with Gasteiger partial charge in [0.05, 0.1) is 32.2 Å². The minimum absolute atomic E-state index is 0.146. The zero-order valence-corrected chi connectivity index (χ0v) is 28.2. The van der Waals surface area contributed by atoms with Crippen LogP contribution in [0.1, 0.15) is 108 Å². The van der Waals surface area contributed by atoms with E-state index in [9.17, 15) is 14.4 Å². The number of carbonyl (C=O) groups excluding carboxylic acids is 3. The number of allylic oxidation sites excluding steroid dienone is 1. The number of rotatable bonds is 18. The van der Waals surface area contributed by atoms with E-state index in [0.29, 0.717) is 67.2 Å². The zero-order valence-electron chi connectivity index (χ0n) is 28.2. The van der Waals surface area contributed by atoms with Gasteiger partial charge in [0.15, 0.2) is 11.6 Å². The van der Waals surface area contributed by atoms with Gasteiger partial charge in [0.1, 0.15) is 22.7 Å². The van der Waals surface area contributed by atoms with Crippen LogP contribution < -0.4 is 9.80 Å². The van der Waals surface area contributed by atoms with Crippen molar-refractivity contribution >= 4 is 41.1 Å². The van der Waals surface area contributed by atoms with Crippen LogP contribution in [0.4, 0.5) is 11.6 Å². The fourth-order valence-corrected chi connectivity index (χ4v) is 6.17. The van der Waals surface area contributed by atoms with Gasteiger partial charge in [0.25, 0.3) is 6.47 Å². The molecular weight excluding hydrogens is 604 g/mol. The monoisotopic (exact) mass is 654 g/mol. The van der Waals surface area contributed by atoms with Crippen LogP contribution in [0.3, 0.4) is 0 Å². The Morgan fingerprint density at radius 2 is 1.06 bits per heavy atom. The highest BCUT2D eigenvalue weighted by Gasteiger charge is 2.29. The maximum absolute atomic E-state index is 11.6. The molecule has 258 valence electrons. The van der Waals surface area contributed by atoms with E-state index >= 15 is 0 Å². The lowest BCUT2D eigenvalue weighted by Crippen LogP contribution is -2.33. The number of esters is 2. The molecule has 13 heteroatoms. The SMILES string of the molecule is C=C(C)OCCC(CCOC(C)=O)c1nc(N2CCCCC2)c2nc(C(CCOC=O)CCOC(C)=O)nc(N3CCCCC3)c2n1. The summed E-state index contributed by atoms with van der Waals surface area (Å²) in [5, 5.41) is 0. The van der Waals surface area contributed by atoms with Crippen molar-refractivity contribution in [3.63, 3.8) is 0 Å². The fraction of sp³-hybridized carbons (Fsp3) is 0.676. The Kier molecular flexibility index (Phi) is 14.0. The highest BCUT2D eigenvalue weighted by atomic mass is 16.5. The molecule has 2 unspecified atom stereocenters. The quantitative estimate of drug-likeness (QED) is 0.0701. The normalized spacial score (nSPS) is 16.3. The van der Waals surface area contributed by atoms with Crippen molar-refractivity contribution in [1.29, 1.82) is 0 Å². The first-order valence-electron chi connectivity index (χ1n) is 17.0. The Bertz CT molecular complexity index is 1340. The highest BCUT2D eigenvalue weighted by molar-refractivity contribution is 5.93. The molecule has 0 radical (unpaired) electrons. The van der Waals surface area contributed by atoms with Crippen molar-refractivity contribution in [3.8, 4) is 0 Å². The maximum atomic E-state index is 11.6. The number of piperidine rings is 2. The molecule has 2 aromatic rings. The molecular formula is C34H50N6O7. The second kappa shape index (κ2) is 18.3. The van der Waals surface area contributed by atoms with Crippen molar-refractivity contribution in [1.82, 2.24) is 19.9 Å². The molecule has 2 saturated heterocycles. The topological polar surface area (TPSA) is 146 Å². The summed E-state index contributed by atoms with van der Waals surface area (Å²) in [7, 11) is 0. The molecule has 0 aliphatic carbocycles. The Labute approximate surface area is 277 Å². The standard InChI is InChI=1S/C34H50N6O7/c1-24(2)45-20-12-28(14-22-47-26(4)43)32-36-30-29(34(38-32)40-17-9-6-10-18-40)35-31(37-33(30)39-15-7-5-8-16-39)27(11-19-44-23-41)13-21-46-25(3)42/h23,27-28H,1,5-22H2,2-4H3. The first-order chi connectivity index (χ1) is 22.8. The van der Waals surface area contributed by atoms with Gasteiger partial charge in [-0.2, -0.15) is 0 Å². The third-order valence-corrected chi connectivity index (χ3v) is 8.59. The first-order valence-corrected chi connectivity index (χ1v) is 17.0. The number of aromatic nitrogens is 4. The highest BCUT2D eigenvalue weighted by Crippen LogP contribution is 2.36. The molecule has 2 fully saturated rings. The second-order valence-corrected chi connectivity index (χ2v) is 12.3. The van der Waals surface area contributed by atoms with Gasteiger partial charge < -0.3 is 28.7 Å². The van der Waals surface area contributed by atoms with Crippen LogP contribution in [-0.2, 0) is 33.3 Å². The zero-order chi connectivity index (χ0) is 33.6. The molecule has 2 aromatic heterocycles. The van der Waals surface area contributed by atoms with Gasteiger partial charge in [0, 0.05) is 51.9 Å². The second-order valence-electron chi connectivity index (χ2n) is 12.3. The summed E-state index contributed by atoms with van der Waals surface area (Å²) in [6, 6.07) is 0. The molecule has 2 aliphatic rings. The molecule has 4 rings (SSSR count). The smallest absolute Gasteiger partial charge is 0.302 e. The molecule has 0 N–H and O–H groups in total. The number of fused-ring (bicyclic) bond motifs is 1. The molecule has 0 spiro atoms. The Morgan fingerprint density at radius 3 is 1.45 bits per heavy atom. The van der Waals surface area contributed by atoms with Crippen LogP contribution in [-0.4, -0.2) is 91.0 Å². The molecule has 4 heterocycles. The van der Waals surface area contributed by atoms with Gasteiger partial charge in [-0.25, -0.2) is 19.9 Å². The van der Waals surface area contributed by atoms with Crippen LogP contribution in [0.25, 0.3) is 11.0 Å². The number of ether oxygens (including phenoxy) is 4. The number of nitrogens with zero attached hydrogens (tertiary/aromatic N) is 6. The number of hydrogen-bond acceptors (Lipinski definition) is 13. The van der Waals surface area contributed by atoms with Crippen LogP contribution in [0, 0.1) is 0 Å². The first kappa shape index (κ1) is 35.8. The Balaban J connectivity index is 1.87. The summed E-state index contributed by atoms with van der Waals surface area (Å²) in [6.07, 6.45) is 8.61. The third kappa shape index (κ3) is 10.8. The molecule has 2 aliphatic heterocycles. The lowest BCUT2D eigenvalue weighted by atomic mass is 10.00. The molecule has 2 atom stereocenters. The van der Waals surface area contributed by atoms with Crippen LogP contribution >= 0.6 is 0 Å². The van der Waals surface area contributed by atoms with Crippen LogP contribution in [0.15, 0.2) is 12.3 Å². The van der Waals surface area contributed by atoms with E-state index in [2.05, 4.69) is 16.4 Å². The summed E-state index contributed by atoms with van der Waals surface area (Å²) in [5.41, 5.74) is 1.38. The van der Waals surface area contributed by atoms with Crippen molar-refractivity contribution < 1.29 is 33.3 Å². The van der Waals surface area contributed by atoms with Crippen LogP contribution in [0.2, 0.25) is 0 Å². The van der Waals surface area contributed by atoms with E-state index in [1.807, 2.05) is 6.92 Å². The Hall–Kier alpha value is -4.03. The van der Waals surface area contributed by atoms with E-state index in [-0.39, 0.29) is 43.6 Å². The van der Waals surface area contributed by atoms with E-state index in [1.165, 1.54) is 13.8 Å². The molecule has 13 nitrogen and oxygen atoms in total. The van der Waals surface area contributed by atoms with Crippen molar-refractivity contribution in [2.24, 2.45) is 0 Å². The predicted molar refractivity (Wildman–Crippen MR) is 177 cm³/mol. The van der Waals surface area contributed by atoms with E-state index < -0.39 is 0 Å². The number of carbonyl (C=O) groups is 3. The van der Waals surface area contributed by atoms with E-state index in [0.717, 1.165) is 76.3 Å². The number of hydrogen-bond donors (Lipinski definition) is 0. The fourth-order valence-electron chi connectivity index (χ4n) is 6.17. The van der Waals surface area contributed by atoms with Gasteiger partial charge in [-0.1, -0.05) is 6.58 Å². The van der Waals surface area contributed by atoms with Gasteiger partial charge in [-0.05, 0) is 71.1 Å². The summed E-state index contributed by atoms with van der Waals surface area (Å²) >= 11 is 0. The van der Waals surface area contributed by atoms with Crippen molar-refractivity contribution in [2.75, 3.05) is 62.4 Å². The van der Waals surface area contributed by atoms with Crippen molar-refractivity contribution in [3.05, 3.63) is 24.0 Å². The lowest BCUT2D eigenvalue weighted by Gasteiger charge is -2.32. The molecule has 0 aromatic carbocycles. The summed E-state index contributed by atoms with van der Waals surface area (Å²) in [4.78, 5) is 59.5. The minimum Gasteiger partial charge on any atom is -0.499 e. The van der Waals surface area contributed by atoms with Gasteiger partial charge >= 0.3 is 11.9 Å². The summed E-state index contributed by atoms with van der Waals surface area (Å²) in [6.45, 7) is 13.4. The lowest BCUT2D eigenvalue weighted by molar-refractivity contribution is -0.142. The summed E-state index contributed by atoms with van der Waals surface area (Å²) in [5.74, 6) is 2.35. The average molecular weight is 655 g/mol. The Morgan fingerprint density at radius 1 is 0.660 bits per heavy atom.